The van der Waals surface area contributed by atoms with E-state index in [0.29, 0.717) is 17.3 Å². The van der Waals surface area contributed by atoms with Crippen LogP contribution in [-0.4, -0.2) is 24.8 Å². The van der Waals surface area contributed by atoms with Crippen molar-refractivity contribution in [3.63, 3.8) is 0 Å². The molecule has 128 valence electrons. The summed E-state index contributed by atoms with van der Waals surface area (Å²) >= 11 is 17.0. The summed E-state index contributed by atoms with van der Waals surface area (Å²) in [6, 6.07) is 12.9. The number of nitrogens with one attached hydrogen (secondary N) is 1. The van der Waals surface area contributed by atoms with Crippen molar-refractivity contribution in [2.75, 3.05) is 18.9 Å². The van der Waals surface area contributed by atoms with Gasteiger partial charge in [-0.15, -0.1) is 0 Å². The zero-order chi connectivity index (χ0) is 17.4. The van der Waals surface area contributed by atoms with Crippen LogP contribution >= 0.6 is 50.9 Å². The van der Waals surface area contributed by atoms with E-state index in [-0.39, 0.29) is 12.5 Å². The normalized spacial score (nSPS) is 10.5. The second kappa shape index (κ2) is 10.2. The molecule has 0 aliphatic carbocycles. The second-order valence-electron chi connectivity index (χ2n) is 4.86. The van der Waals surface area contributed by atoms with Gasteiger partial charge in [0, 0.05) is 28.1 Å². The van der Waals surface area contributed by atoms with Crippen molar-refractivity contribution in [1.82, 2.24) is 5.32 Å². The van der Waals surface area contributed by atoms with Crippen molar-refractivity contribution in [2.24, 2.45) is 0 Å². The average Bonchev–Trinajstić information content (AvgIpc) is 2.55. The summed E-state index contributed by atoms with van der Waals surface area (Å²) in [5.41, 5.74) is 1.10. The van der Waals surface area contributed by atoms with Crippen molar-refractivity contribution in [3.8, 4) is 5.75 Å². The third-order valence-electron chi connectivity index (χ3n) is 3.04. The van der Waals surface area contributed by atoms with Gasteiger partial charge in [-0.3, -0.25) is 4.79 Å². The number of hydrogen-bond donors (Lipinski definition) is 1. The molecule has 2 aromatic rings. The monoisotopic (exact) mass is 447 g/mol. The molecule has 0 aliphatic rings. The van der Waals surface area contributed by atoms with Gasteiger partial charge in [0.05, 0.1) is 4.47 Å². The molecule has 2 aromatic carbocycles. The summed E-state index contributed by atoms with van der Waals surface area (Å²) in [7, 11) is 0. The van der Waals surface area contributed by atoms with Crippen LogP contribution in [0.3, 0.4) is 0 Å². The molecule has 1 N–H and O–H groups in total. The number of rotatable bonds is 8. The summed E-state index contributed by atoms with van der Waals surface area (Å²) in [6.07, 6.45) is 0. The van der Waals surface area contributed by atoms with Gasteiger partial charge in [-0.1, -0.05) is 41.4 Å². The number of hydrogen-bond acceptors (Lipinski definition) is 3. The number of thioether (sulfide) groups is 1. The molecule has 0 spiro atoms. The number of ether oxygens (including phenoxy) is 1. The van der Waals surface area contributed by atoms with Crippen LogP contribution in [0.5, 0.6) is 5.75 Å². The summed E-state index contributed by atoms with van der Waals surface area (Å²) in [4.78, 5) is 11.8. The van der Waals surface area contributed by atoms with Crippen LogP contribution in [0.4, 0.5) is 0 Å². The lowest BCUT2D eigenvalue weighted by atomic mass is 10.2. The molecule has 3 nitrogen and oxygen atoms in total. The van der Waals surface area contributed by atoms with Gasteiger partial charge < -0.3 is 10.1 Å². The van der Waals surface area contributed by atoms with Crippen molar-refractivity contribution < 1.29 is 9.53 Å². The summed E-state index contributed by atoms with van der Waals surface area (Å²) < 4.78 is 6.17. The van der Waals surface area contributed by atoms with Crippen LogP contribution in [0, 0.1) is 0 Å². The Bertz CT molecular complexity index is 700. The van der Waals surface area contributed by atoms with E-state index >= 15 is 0 Å². The molecule has 0 heterocycles. The molecule has 1 amide bonds. The molecule has 0 saturated carbocycles. The first-order chi connectivity index (χ1) is 11.6. The van der Waals surface area contributed by atoms with Gasteiger partial charge in [0.15, 0.2) is 6.61 Å². The quantitative estimate of drug-likeness (QED) is 0.565. The molecule has 0 radical (unpaired) electrons. The lowest BCUT2D eigenvalue weighted by Gasteiger charge is -2.09. The molecule has 0 atom stereocenters. The van der Waals surface area contributed by atoms with Gasteiger partial charge in [-0.05, 0) is 45.8 Å². The number of carbonyl (C=O) groups excluding carboxylic acids is 1. The first kappa shape index (κ1) is 19.4. The third-order valence-corrected chi connectivity index (χ3v) is 5.27. The van der Waals surface area contributed by atoms with Crippen molar-refractivity contribution in [1.29, 1.82) is 0 Å². The molecule has 0 aliphatic heterocycles. The molecule has 0 bridgehead atoms. The highest BCUT2D eigenvalue weighted by Gasteiger charge is 2.06. The Kier molecular flexibility index (Phi) is 8.25. The van der Waals surface area contributed by atoms with Gasteiger partial charge in [0.25, 0.3) is 5.91 Å². The second-order valence-corrected chi connectivity index (χ2v) is 7.66. The predicted octanol–water partition coefficient (Wildman–Crippen LogP) is 5.18. The highest BCUT2D eigenvalue weighted by atomic mass is 79.9. The van der Waals surface area contributed by atoms with E-state index in [4.69, 9.17) is 27.9 Å². The number of benzene rings is 2. The molecule has 7 heteroatoms. The fourth-order valence-electron chi connectivity index (χ4n) is 1.85. The van der Waals surface area contributed by atoms with Crippen LogP contribution in [0.15, 0.2) is 46.9 Å². The summed E-state index contributed by atoms with van der Waals surface area (Å²) in [5, 5.41) is 4.21. The standard InChI is InChI=1S/C17H16BrCl2NO2S/c18-14-9-13(19)5-6-16(14)23-10-17(22)21-7-8-24-11-12-3-1-2-4-15(12)20/h1-6,9H,7-8,10-11H2,(H,21,22). The predicted molar refractivity (Wildman–Crippen MR) is 105 cm³/mol. The van der Waals surface area contributed by atoms with E-state index in [1.165, 1.54) is 0 Å². The van der Waals surface area contributed by atoms with E-state index in [2.05, 4.69) is 21.2 Å². The van der Waals surface area contributed by atoms with Crippen molar-refractivity contribution in [2.45, 2.75) is 5.75 Å². The molecular formula is C17H16BrCl2NO2S. The molecule has 0 saturated heterocycles. The fourth-order valence-corrected chi connectivity index (χ4v) is 3.79. The lowest BCUT2D eigenvalue weighted by Crippen LogP contribution is -2.30. The molecule has 24 heavy (non-hydrogen) atoms. The van der Waals surface area contributed by atoms with Gasteiger partial charge in [0.2, 0.25) is 0 Å². The topological polar surface area (TPSA) is 38.3 Å². The van der Waals surface area contributed by atoms with Crippen molar-refractivity contribution >= 4 is 56.8 Å². The molecule has 0 unspecified atom stereocenters. The lowest BCUT2D eigenvalue weighted by molar-refractivity contribution is -0.122. The van der Waals surface area contributed by atoms with E-state index in [1.54, 1.807) is 30.0 Å². The Morgan fingerprint density at radius 2 is 2.00 bits per heavy atom. The number of halogens is 3. The summed E-state index contributed by atoms with van der Waals surface area (Å²) in [6.45, 7) is 0.550. The minimum absolute atomic E-state index is 0.0323. The van der Waals surface area contributed by atoms with Crippen LogP contribution in [0.1, 0.15) is 5.56 Å². The van der Waals surface area contributed by atoms with E-state index in [9.17, 15) is 4.79 Å². The zero-order valence-electron chi connectivity index (χ0n) is 12.7. The van der Waals surface area contributed by atoms with E-state index < -0.39 is 0 Å². The van der Waals surface area contributed by atoms with Gasteiger partial charge in [-0.25, -0.2) is 0 Å². The molecule has 0 aromatic heterocycles. The molecule has 0 fully saturated rings. The zero-order valence-corrected chi connectivity index (χ0v) is 16.6. The van der Waals surface area contributed by atoms with E-state index in [0.717, 1.165) is 26.6 Å². The maximum absolute atomic E-state index is 11.8. The van der Waals surface area contributed by atoms with Gasteiger partial charge in [-0.2, -0.15) is 11.8 Å². The SMILES string of the molecule is O=C(COc1ccc(Cl)cc1Br)NCCSCc1ccccc1Cl. The van der Waals surface area contributed by atoms with Gasteiger partial charge >= 0.3 is 0 Å². The maximum atomic E-state index is 11.8. The maximum Gasteiger partial charge on any atom is 0.257 e. The number of carbonyl (C=O) groups is 1. The smallest absolute Gasteiger partial charge is 0.257 e. The summed E-state index contributed by atoms with van der Waals surface area (Å²) in [5.74, 6) is 2.06. The van der Waals surface area contributed by atoms with Crippen LogP contribution < -0.4 is 10.1 Å². The van der Waals surface area contributed by atoms with Crippen molar-refractivity contribution in [3.05, 3.63) is 62.5 Å². The average molecular weight is 449 g/mol. The van der Waals surface area contributed by atoms with Gasteiger partial charge in [0.1, 0.15) is 5.75 Å². The Morgan fingerprint density at radius 1 is 1.21 bits per heavy atom. The van der Waals surface area contributed by atoms with Crippen LogP contribution in [0.2, 0.25) is 10.0 Å². The Balaban J connectivity index is 1.62. The largest absolute Gasteiger partial charge is 0.483 e. The van der Waals surface area contributed by atoms with Crippen LogP contribution in [-0.2, 0) is 10.5 Å². The highest BCUT2D eigenvalue weighted by molar-refractivity contribution is 9.10. The fraction of sp³-hybridized carbons (Fsp3) is 0.235. The Morgan fingerprint density at radius 3 is 2.75 bits per heavy atom. The van der Waals surface area contributed by atoms with E-state index in [1.807, 2.05) is 24.3 Å². The van der Waals surface area contributed by atoms with Crippen LogP contribution in [0.25, 0.3) is 0 Å². The Hall–Kier alpha value is -0.880. The third kappa shape index (κ3) is 6.55. The minimum atomic E-state index is -0.157. The number of amides is 1. The Labute approximate surface area is 164 Å². The minimum Gasteiger partial charge on any atom is -0.483 e. The molecular weight excluding hydrogens is 433 g/mol. The molecule has 2 rings (SSSR count). The first-order valence-electron chi connectivity index (χ1n) is 7.22. The first-order valence-corrected chi connectivity index (χ1v) is 9.92. The highest BCUT2D eigenvalue weighted by Crippen LogP contribution is 2.27.